The highest BCUT2D eigenvalue weighted by Gasteiger charge is 2.57. The molecule has 11 nitrogen and oxygen atoms in total. The third-order valence-electron chi connectivity index (χ3n) is 4.28. The summed E-state index contributed by atoms with van der Waals surface area (Å²) in [5.74, 6) is 0.123. The Morgan fingerprint density at radius 3 is 2.96 bits per heavy atom. The topological polar surface area (TPSA) is 150 Å². The van der Waals surface area contributed by atoms with Crippen LogP contribution in [0.5, 0.6) is 0 Å². The van der Waals surface area contributed by atoms with Crippen molar-refractivity contribution in [2.45, 2.75) is 18.3 Å². The summed E-state index contributed by atoms with van der Waals surface area (Å²) in [5, 5.41) is 17.1. The molecule has 150 valence electrons. The van der Waals surface area contributed by atoms with Gasteiger partial charge in [0.2, 0.25) is 5.91 Å². The molecule has 13 heteroatoms. The van der Waals surface area contributed by atoms with Crippen molar-refractivity contribution in [1.82, 2.24) is 20.1 Å². The summed E-state index contributed by atoms with van der Waals surface area (Å²) in [4.78, 5) is 45.7. The van der Waals surface area contributed by atoms with Gasteiger partial charge in [-0.05, 0) is 18.9 Å². The SMILES string of the molecule is C#CC1(C(=O)O)CS[C@@H]2C(NC(=O)C(=NOCC)N3C=C(N)SN3)C(=O)N2C1. The van der Waals surface area contributed by atoms with Crippen molar-refractivity contribution in [2.75, 3.05) is 18.9 Å². The summed E-state index contributed by atoms with van der Waals surface area (Å²) in [6.07, 6.45) is 6.85. The number of hydrazine groups is 1. The number of rotatable bonds is 4. The van der Waals surface area contributed by atoms with Crippen LogP contribution in [0.25, 0.3) is 0 Å². The summed E-state index contributed by atoms with van der Waals surface area (Å²) in [5.41, 5.74) is 4.24. The van der Waals surface area contributed by atoms with Gasteiger partial charge >= 0.3 is 5.97 Å². The Kier molecular flexibility index (Phi) is 5.64. The lowest BCUT2D eigenvalue weighted by Gasteiger charge is -2.52. The Balaban J connectivity index is 1.69. The molecule has 5 N–H and O–H groups in total. The number of β-lactam (4-membered cyclic amide) rings is 1. The summed E-state index contributed by atoms with van der Waals surface area (Å²) >= 11 is 2.31. The third-order valence-corrected chi connectivity index (χ3v) is 6.44. The predicted molar refractivity (Wildman–Crippen MR) is 103 cm³/mol. The molecule has 0 spiro atoms. The first-order chi connectivity index (χ1) is 13.3. The minimum absolute atomic E-state index is 0.0921. The number of amidine groups is 1. The Bertz CT molecular complexity index is 811. The molecular weight excluding hydrogens is 408 g/mol. The molecule has 0 radical (unpaired) electrons. The van der Waals surface area contributed by atoms with Crippen LogP contribution in [-0.4, -0.2) is 69.0 Å². The zero-order valence-electron chi connectivity index (χ0n) is 14.7. The molecule has 28 heavy (non-hydrogen) atoms. The van der Waals surface area contributed by atoms with Gasteiger partial charge in [0.15, 0.2) is 5.41 Å². The fraction of sp³-hybridized carbons (Fsp3) is 0.467. The van der Waals surface area contributed by atoms with Crippen LogP contribution in [0, 0.1) is 17.8 Å². The lowest BCUT2D eigenvalue weighted by Crippen LogP contribution is -2.74. The van der Waals surface area contributed by atoms with Crippen LogP contribution in [0.15, 0.2) is 16.4 Å². The van der Waals surface area contributed by atoms with Crippen LogP contribution in [0.2, 0.25) is 0 Å². The molecule has 0 aromatic heterocycles. The van der Waals surface area contributed by atoms with Crippen molar-refractivity contribution in [3.05, 3.63) is 11.2 Å². The summed E-state index contributed by atoms with van der Waals surface area (Å²) in [6.45, 7) is 1.86. The summed E-state index contributed by atoms with van der Waals surface area (Å²) in [6, 6.07) is -0.814. The first kappa shape index (κ1) is 20.2. The zero-order chi connectivity index (χ0) is 20.5. The van der Waals surface area contributed by atoms with E-state index in [4.69, 9.17) is 17.0 Å². The van der Waals surface area contributed by atoms with E-state index < -0.39 is 34.6 Å². The number of nitrogens with zero attached hydrogens (tertiary/aromatic N) is 3. The van der Waals surface area contributed by atoms with Crippen molar-refractivity contribution in [3.63, 3.8) is 0 Å². The van der Waals surface area contributed by atoms with E-state index in [-0.39, 0.29) is 24.7 Å². The summed E-state index contributed by atoms with van der Waals surface area (Å²) in [7, 11) is 0. The van der Waals surface area contributed by atoms with Crippen LogP contribution in [0.4, 0.5) is 0 Å². The van der Waals surface area contributed by atoms with Crippen LogP contribution in [0.1, 0.15) is 6.92 Å². The number of fused-ring (bicyclic) bond motifs is 1. The fourth-order valence-electron chi connectivity index (χ4n) is 2.77. The quantitative estimate of drug-likeness (QED) is 0.106. The van der Waals surface area contributed by atoms with E-state index >= 15 is 0 Å². The summed E-state index contributed by atoms with van der Waals surface area (Å²) < 4.78 is 0. The second-order valence-corrected chi connectivity index (χ2v) is 8.04. The number of thioether (sulfide) groups is 1. The number of hydrogen-bond acceptors (Lipinski definition) is 9. The highest BCUT2D eigenvalue weighted by Crippen LogP contribution is 2.41. The number of carboxylic acid groups (broad SMARTS) is 1. The number of carbonyl (C=O) groups is 3. The molecular formula is C15H18N6O5S2. The lowest BCUT2D eigenvalue weighted by molar-refractivity contribution is -0.155. The van der Waals surface area contributed by atoms with Crippen molar-refractivity contribution < 1.29 is 24.3 Å². The largest absolute Gasteiger partial charge is 0.480 e. The van der Waals surface area contributed by atoms with Gasteiger partial charge in [-0.2, -0.15) is 4.83 Å². The molecule has 0 aromatic carbocycles. The molecule has 0 saturated carbocycles. The van der Waals surface area contributed by atoms with Gasteiger partial charge < -0.3 is 25.9 Å². The van der Waals surface area contributed by atoms with E-state index in [1.807, 2.05) is 0 Å². The maximum Gasteiger partial charge on any atom is 0.324 e. The van der Waals surface area contributed by atoms with Crippen LogP contribution in [0.3, 0.4) is 0 Å². The van der Waals surface area contributed by atoms with Gasteiger partial charge in [0.25, 0.3) is 11.7 Å². The average molecular weight is 426 g/mol. The van der Waals surface area contributed by atoms with E-state index in [1.165, 1.54) is 27.9 Å². The van der Waals surface area contributed by atoms with Crippen molar-refractivity contribution in [1.29, 1.82) is 0 Å². The number of aliphatic carboxylic acids is 1. The van der Waals surface area contributed by atoms with Gasteiger partial charge in [-0.3, -0.25) is 14.4 Å². The maximum absolute atomic E-state index is 12.7. The number of nitrogens with two attached hydrogens (primary N) is 1. The van der Waals surface area contributed by atoms with Crippen LogP contribution >= 0.6 is 23.7 Å². The molecule has 2 fully saturated rings. The highest BCUT2D eigenvalue weighted by molar-refractivity contribution is 8.01. The third kappa shape index (κ3) is 3.46. The Morgan fingerprint density at radius 2 is 2.39 bits per heavy atom. The molecule has 0 bridgehead atoms. The van der Waals surface area contributed by atoms with E-state index in [0.29, 0.717) is 5.03 Å². The monoisotopic (exact) mass is 426 g/mol. The minimum Gasteiger partial charge on any atom is -0.480 e. The van der Waals surface area contributed by atoms with Crippen molar-refractivity contribution in [3.8, 4) is 12.3 Å². The van der Waals surface area contributed by atoms with Gasteiger partial charge in [-0.1, -0.05) is 11.1 Å². The number of oxime groups is 1. The normalized spacial score (nSPS) is 29.4. The molecule has 3 heterocycles. The minimum atomic E-state index is -1.42. The number of carbonyl (C=O) groups excluding carboxylic acids is 2. The van der Waals surface area contributed by atoms with Crippen molar-refractivity contribution >= 4 is 47.3 Å². The van der Waals surface area contributed by atoms with E-state index in [2.05, 4.69) is 21.2 Å². The number of carboxylic acids is 1. The Morgan fingerprint density at radius 1 is 1.64 bits per heavy atom. The van der Waals surface area contributed by atoms with Crippen LogP contribution in [-0.2, 0) is 19.2 Å². The molecule has 3 aliphatic heterocycles. The Labute approximate surface area is 169 Å². The van der Waals surface area contributed by atoms with Gasteiger partial charge in [0.1, 0.15) is 23.1 Å². The van der Waals surface area contributed by atoms with E-state index in [0.717, 1.165) is 11.9 Å². The zero-order valence-corrected chi connectivity index (χ0v) is 16.4. The Hall–Kier alpha value is -2.56. The molecule has 0 aliphatic carbocycles. The molecule has 2 amide bonds. The molecule has 3 rings (SSSR count). The molecule has 3 aliphatic rings. The number of amides is 2. The first-order valence-corrected chi connectivity index (χ1v) is 10.0. The number of terminal acetylenes is 1. The van der Waals surface area contributed by atoms with Gasteiger partial charge in [-0.25, -0.2) is 5.01 Å². The predicted octanol–water partition coefficient (Wildman–Crippen LogP) is -1.33. The number of nitrogens with one attached hydrogen (secondary N) is 2. The van der Waals surface area contributed by atoms with Gasteiger partial charge in [-0.15, -0.1) is 18.2 Å². The van der Waals surface area contributed by atoms with Crippen molar-refractivity contribution in [2.24, 2.45) is 16.3 Å². The maximum atomic E-state index is 12.7. The first-order valence-electron chi connectivity index (χ1n) is 8.16. The standard InChI is InChI=1S/C15H18N6O5S2/c1-3-15(14(24)25)6-20-12(23)9(13(20)27-7-15)17-11(22)10(18-26-4-2)21-5-8(16)28-19-21/h1,5,9,13,19H,4,6-7,16H2,2H3,(H,17,22)(H,24,25)/t9?,13-,15?/m1/s1. The van der Waals surface area contributed by atoms with Gasteiger partial charge in [0, 0.05) is 12.3 Å². The van der Waals surface area contributed by atoms with Crippen LogP contribution < -0.4 is 15.9 Å². The number of hydrogen-bond donors (Lipinski definition) is 4. The second-order valence-electron chi connectivity index (χ2n) is 6.08. The average Bonchev–Trinajstić information content (AvgIpc) is 3.11. The fourth-order valence-corrected chi connectivity index (χ4v) is 4.76. The molecule has 2 saturated heterocycles. The van der Waals surface area contributed by atoms with E-state index in [9.17, 15) is 19.5 Å². The van der Waals surface area contributed by atoms with E-state index in [1.54, 1.807) is 6.92 Å². The highest BCUT2D eigenvalue weighted by atomic mass is 32.2. The molecule has 3 atom stereocenters. The molecule has 2 unspecified atom stereocenters. The smallest absolute Gasteiger partial charge is 0.324 e. The lowest BCUT2D eigenvalue weighted by atomic mass is 9.88. The molecule has 0 aromatic rings. The van der Waals surface area contributed by atoms with Gasteiger partial charge in [0.05, 0.1) is 6.20 Å². The second kappa shape index (κ2) is 7.82.